The second kappa shape index (κ2) is 12.2. The summed E-state index contributed by atoms with van der Waals surface area (Å²) in [5.41, 5.74) is 6.60. The summed E-state index contributed by atoms with van der Waals surface area (Å²) in [6.45, 7) is 8.13. The molecule has 0 saturated carbocycles. The minimum Gasteiger partial charge on any atom is -0.450 e. The van der Waals surface area contributed by atoms with E-state index in [4.69, 9.17) is 4.74 Å². The predicted octanol–water partition coefficient (Wildman–Crippen LogP) is 8.02. The number of benzene rings is 4. The van der Waals surface area contributed by atoms with Gasteiger partial charge in [0, 0.05) is 37.1 Å². The third-order valence-electron chi connectivity index (χ3n) is 7.26. The number of para-hydroxylation sites is 1. The number of nitrogens with zero attached hydrogens (tertiary/aromatic N) is 2. The molecular weight excluding hydrogens is 516 g/mol. The van der Waals surface area contributed by atoms with Gasteiger partial charge in [-0.1, -0.05) is 62.4 Å². The minimum atomic E-state index is -0.381. The van der Waals surface area contributed by atoms with E-state index in [9.17, 15) is 14.9 Å². The Kier molecular flexibility index (Phi) is 8.31. The van der Waals surface area contributed by atoms with Crippen molar-refractivity contribution in [2.24, 2.45) is 0 Å². The quantitative estimate of drug-likeness (QED) is 0.171. The molecule has 0 aliphatic carbocycles. The van der Waals surface area contributed by atoms with Crippen molar-refractivity contribution < 1.29 is 14.5 Å². The SMILES string of the molecule is Cc1ccc(C(C)C)c(Oc2ccc(CN3CCc4c(cccc4NC(=O)Nc4ccccc4)C3)cc2[N+](=O)[O-])c1. The average molecular weight is 551 g/mol. The fourth-order valence-electron chi connectivity index (χ4n) is 5.20. The highest BCUT2D eigenvalue weighted by Gasteiger charge is 2.23. The van der Waals surface area contributed by atoms with E-state index in [0.29, 0.717) is 18.8 Å². The monoisotopic (exact) mass is 550 g/mol. The number of rotatable bonds is 8. The Morgan fingerprint density at radius 3 is 2.54 bits per heavy atom. The second-order valence-electron chi connectivity index (χ2n) is 10.7. The first-order valence-corrected chi connectivity index (χ1v) is 13.8. The topological polar surface area (TPSA) is 96.7 Å². The Morgan fingerprint density at radius 1 is 0.976 bits per heavy atom. The van der Waals surface area contributed by atoms with E-state index in [-0.39, 0.29) is 28.3 Å². The molecule has 210 valence electrons. The van der Waals surface area contributed by atoms with Gasteiger partial charge in [0.15, 0.2) is 0 Å². The van der Waals surface area contributed by atoms with Crippen LogP contribution in [-0.2, 0) is 19.5 Å². The molecule has 0 saturated heterocycles. The number of carbonyl (C=O) groups is 1. The number of nitro benzene ring substituents is 1. The number of hydrogen-bond donors (Lipinski definition) is 2. The largest absolute Gasteiger partial charge is 0.450 e. The number of anilines is 2. The molecule has 2 amide bonds. The van der Waals surface area contributed by atoms with Crippen LogP contribution in [0, 0.1) is 17.0 Å². The van der Waals surface area contributed by atoms with Gasteiger partial charge in [-0.05, 0) is 77.4 Å². The summed E-state index contributed by atoms with van der Waals surface area (Å²) in [5.74, 6) is 1.10. The Balaban J connectivity index is 1.28. The zero-order chi connectivity index (χ0) is 28.9. The number of carbonyl (C=O) groups excluding carboxylic acids is 1. The van der Waals surface area contributed by atoms with Gasteiger partial charge in [0.2, 0.25) is 5.75 Å². The first-order valence-electron chi connectivity index (χ1n) is 13.8. The smallest absolute Gasteiger partial charge is 0.323 e. The van der Waals surface area contributed by atoms with Gasteiger partial charge in [-0.2, -0.15) is 0 Å². The van der Waals surface area contributed by atoms with E-state index in [1.165, 1.54) is 0 Å². The molecule has 41 heavy (non-hydrogen) atoms. The van der Waals surface area contributed by atoms with Crippen LogP contribution in [-0.4, -0.2) is 22.4 Å². The molecule has 2 N–H and O–H groups in total. The van der Waals surface area contributed by atoms with Crippen LogP contribution in [0.1, 0.15) is 47.6 Å². The molecule has 4 aromatic rings. The number of aryl methyl sites for hydroxylation is 1. The van der Waals surface area contributed by atoms with Crippen molar-refractivity contribution in [1.29, 1.82) is 0 Å². The van der Waals surface area contributed by atoms with Crippen LogP contribution in [0.3, 0.4) is 0 Å². The number of nitro groups is 1. The molecule has 0 atom stereocenters. The van der Waals surface area contributed by atoms with Gasteiger partial charge in [-0.15, -0.1) is 0 Å². The summed E-state index contributed by atoms with van der Waals surface area (Å²) in [5, 5.41) is 17.9. The summed E-state index contributed by atoms with van der Waals surface area (Å²) >= 11 is 0. The van der Waals surface area contributed by atoms with Crippen LogP contribution in [0.25, 0.3) is 0 Å². The number of nitrogens with one attached hydrogen (secondary N) is 2. The number of amides is 2. The molecule has 8 heteroatoms. The highest BCUT2D eigenvalue weighted by atomic mass is 16.6. The maximum Gasteiger partial charge on any atom is 0.323 e. The highest BCUT2D eigenvalue weighted by molar-refractivity contribution is 6.00. The van der Waals surface area contributed by atoms with Gasteiger partial charge in [0.1, 0.15) is 5.75 Å². The first kappa shape index (κ1) is 27.9. The number of urea groups is 1. The number of ether oxygens (including phenoxy) is 1. The van der Waals surface area contributed by atoms with Crippen molar-refractivity contribution in [3.63, 3.8) is 0 Å². The van der Waals surface area contributed by atoms with Gasteiger partial charge < -0.3 is 15.4 Å². The van der Waals surface area contributed by atoms with Crippen molar-refractivity contribution in [3.05, 3.63) is 123 Å². The summed E-state index contributed by atoms with van der Waals surface area (Å²) in [6, 6.07) is 26.1. The van der Waals surface area contributed by atoms with E-state index in [1.807, 2.05) is 73.7 Å². The van der Waals surface area contributed by atoms with Gasteiger partial charge in [0.25, 0.3) is 0 Å². The van der Waals surface area contributed by atoms with E-state index < -0.39 is 0 Å². The molecule has 4 aromatic carbocycles. The first-order chi connectivity index (χ1) is 19.8. The van der Waals surface area contributed by atoms with Crippen LogP contribution < -0.4 is 15.4 Å². The van der Waals surface area contributed by atoms with Gasteiger partial charge in [-0.3, -0.25) is 15.0 Å². The van der Waals surface area contributed by atoms with E-state index in [1.54, 1.807) is 12.1 Å². The van der Waals surface area contributed by atoms with Crippen molar-refractivity contribution in [1.82, 2.24) is 4.90 Å². The summed E-state index contributed by atoms with van der Waals surface area (Å²) in [4.78, 5) is 26.5. The minimum absolute atomic E-state index is 0.0490. The number of fused-ring (bicyclic) bond motifs is 1. The maximum atomic E-state index is 12.6. The zero-order valence-corrected chi connectivity index (χ0v) is 23.5. The lowest BCUT2D eigenvalue weighted by atomic mass is 9.97. The zero-order valence-electron chi connectivity index (χ0n) is 23.5. The van der Waals surface area contributed by atoms with E-state index in [2.05, 4.69) is 35.4 Å². The molecule has 1 aliphatic rings. The molecule has 0 unspecified atom stereocenters. The lowest BCUT2D eigenvalue weighted by Crippen LogP contribution is -2.31. The molecule has 0 aromatic heterocycles. The lowest BCUT2D eigenvalue weighted by molar-refractivity contribution is -0.385. The van der Waals surface area contributed by atoms with Crippen LogP contribution in [0.15, 0.2) is 84.9 Å². The van der Waals surface area contributed by atoms with Gasteiger partial charge in [-0.25, -0.2) is 4.79 Å². The number of hydrogen-bond acceptors (Lipinski definition) is 5. The second-order valence-corrected chi connectivity index (χ2v) is 10.7. The van der Waals surface area contributed by atoms with Crippen molar-refractivity contribution >= 4 is 23.1 Å². The van der Waals surface area contributed by atoms with Crippen LogP contribution in [0.5, 0.6) is 11.5 Å². The Bertz CT molecular complexity index is 1570. The molecule has 0 spiro atoms. The molecule has 1 heterocycles. The molecule has 0 fully saturated rings. The molecule has 8 nitrogen and oxygen atoms in total. The molecule has 5 rings (SSSR count). The fraction of sp³-hybridized carbons (Fsp3) is 0.242. The van der Waals surface area contributed by atoms with E-state index in [0.717, 1.165) is 52.2 Å². The van der Waals surface area contributed by atoms with Crippen molar-refractivity contribution in [2.45, 2.75) is 46.2 Å². The molecule has 0 radical (unpaired) electrons. The Labute approximate surface area is 240 Å². The Hall–Kier alpha value is -4.69. The maximum absolute atomic E-state index is 12.6. The summed E-state index contributed by atoms with van der Waals surface area (Å²) < 4.78 is 6.12. The summed E-state index contributed by atoms with van der Waals surface area (Å²) in [7, 11) is 0. The third-order valence-corrected chi connectivity index (χ3v) is 7.26. The highest BCUT2D eigenvalue weighted by Crippen LogP contribution is 2.37. The van der Waals surface area contributed by atoms with Crippen molar-refractivity contribution in [2.75, 3.05) is 17.2 Å². The van der Waals surface area contributed by atoms with Crippen LogP contribution >= 0.6 is 0 Å². The molecule has 1 aliphatic heterocycles. The summed E-state index contributed by atoms with van der Waals surface area (Å²) in [6.07, 6.45) is 0.756. The lowest BCUT2D eigenvalue weighted by Gasteiger charge is -2.30. The predicted molar refractivity (Wildman–Crippen MR) is 162 cm³/mol. The fourth-order valence-corrected chi connectivity index (χ4v) is 5.20. The van der Waals surface area contributed by atoms with Crippen LogP contribution in [0.4, 0.5) is 21.9 Å². The van der Waals surface area contributed by atoms with E-state index >= 15 is 0 Å². The molecule has 0 bridgehead atoms. The average Bonchev–Trinajstić information content (AvgIpc) is 2.94. The third kappa shape index (κ3) is 6.73. The molecular formula is C33H34N4O4. The van der Waals surface area contributed by atoms with Crippen molar-refractivity contribution in [3.8, 4) is 11.5 Å². The normalized spacial score (nSPS) is 13.0. The van der Waals surface area contributed by atoms with Crippen LogP contribution in [0.2, 0.25) is 0 Å². The van der Waals surface area contributed by atoms with Gasteiger partial charge >= 0.3 is 11.7 Å². The van der Waals surface area contributed by atoms with Gasteiger partial charge in [0.05, 0.1) is 4.92 Å². The Morgan fingerprint density at radius 2 is 1.78 bits per heavy atom. The standard InChI is InChI=1S/C33H34N4O4/c1-22(2)27-14-12-23(3)18-32(27)41-31-15-13-24(19-30(31)37(39)40)20-36-17-16-28-25(21-36)8-7-11-29(28)35-33(38)34-26-9-5-4-6-10-26/h4-15,18-19,22H,16-17,20-21H2,1-3H3,(H2,34,35,38).